The van der Waals surface area contributed by atoms with Gasteiger partial charge in [0.05, 0.1) is 6.42 Å². The molecular formula is C10H14N2O2. The third kappa shape index (κ3) is 1.64. The van der Waals surface area contributed by atoms with E-state index in [0.717, 1.165) is 30.8 Å². The molecule has 1 aliphatic carbocycles. The maximum atomic E-state index is 10.6. The fourth-order valence-corrected chi connectivity index (χ4v) is 1.76. The van der Waals surface area contributed by atoms with Crippen LogP contribution < -0.4 is 0 Å². The third-order valence-electron chi connectivity index (χ3n) is 2.51. The molecule has 1 aromatic heterocycles. The zero-order chi connectivity index (χ0) is 10.1. The van der Waals surface area contributed by atoms with Crippen molar-refractivity contribution < 1.29 is 9.90 Å². The van der Waals surface area contributed by atoms with Crippen LogP contribution in [0.1, 0.15) is 37.3 Å². The number of rotatable bonds is 4. The van der Waals surface area contributed by atoms with Gasteiger partial charge in [-0.15, -0.1) is 0 Å². The molecule has 4 heteroatoms. The predicted molar refractivity (Wildman–Crippen MR) is 51.2 cm³/mol. The lowest BCUT2D eigenvalue weighted by atomic mass is 10.3. The van der Waals surface area contributed by atoms with Gasteiger partial charge in [-0.05, 0) is 12.8 Å². The number of carboxylic acids is 1. The Morgan fingerprint density at radius 3 is 2.93 bits per heavy atom. The van der Waals surface area contributed by atoms with Gasteiger partial charge in [-0.25, -0.2) is 4.98 Å². The number of imidazole rings is 1. The normalized spacial score (nSPS) is 15.8. The molecule has 0 spiro atoms. The summed E-state index contributed by atoms with van der Waals surface area (Å²) in [6, 6.07) is 0.516. The van der Waals surface area contributed by atoms with Crippen LogP contribution >= 0.6 is 0 Å². The van der Waals surface area contributed by atoms with E-state index in [1.165, 1.54) is 0 Å². The second-order valence-corrected chi connectivity index (χ2v) is 3.69. The lowest BCUT2D eigenvalue weighted by molar-refractivity contribution is -0.136. The van der Waals surface area contributed by atoms with Crippen LogP contribution in [-0.2, 0) is 17.6 Å². The summed E-state index contributed by atoms with van der Waals surface area (Å²) < 4.78 is 2.11. The monoisotopic (exact) mass is 194 g/mol. The standard InChI is InChI=1S/C10H14N2O2/c1-2-9-11-6-8(5-10(13)14)12(9)7-3-4-7/h6-7H,2-5H2,1H3,(H,13,14). The molecule has 14 heavy (non-hydrogen) atoms. The fourth-order valence-electron chi connectivity index (χ4n) is 1.76. The van der Waals surface area contributed by atoms with Gasteiger partial charge < -0.3 is 9.67 Å². The van der Waals surface area contributed by atoms with Gasteiger partial charge in [-0.3, -0.25) is 4.79 Å². The van der Waals surface area contributed by atoms with Gasteiger partial charge >= 0.3 is 5.97 Å². The number of carbonyl (C=O) groups is 1. The van der Waals surface area contributed by atoms with Crippen molar-refractivity contribution in [2.75, 3.05) is 0 Å². The summed E-state index contributed by atoms with van der Waals surface area (Å²) in [6.45, 7) is 2.05. The van der Waals surface area contributed by atoms with Gasteiger partial charge in [-0.1, -0.05) is 6.92 Å². The fraction of sp³-hybridized carbons (Fsp3) is 0.600. The van der Waals surface area contributed by atoms with Crippen LogP contribution in [0, 0.1) is 0 Å². The van der Waals surface area contributed by atoms with Crippen molar-refractivity contribution in [1.29, 1.82) is 0 Å². The highest BCUT2D eigenvalue weighted by atomic mass is 16.4. The molecule has 1 fully saturated rings. The van der Waals surface area contributed by atoms with Crippen molar-refractivity contribution in [1.82, 2.24) is 9.55 Å². The Labute approximate surface area is 82.6 Å². The van der Waals surface area contributed by atoms with E-state index in [4.69, 9.17) is 5.11 Å². The molecule has 1 aromatic rings. The maximum absolute atomic E-state index is 10.6. The average Bonchev–Trinajstić information content (AvgIpc) is 2.88. The molecule has 0 amide bonds. The molecule has 4 nitrogen and oxygen atoms in total. The van der Waals surface area contributed by atoms with Crippen LogP contribution in [0.5, 0.6) is 0 Å². The summed E-state index contributed by atoms with van der Waals surface area (Å²) in [7, 11) is 0. The van der Waals surface area contributed by atoms with Crippen LogP contribution in [0.4, 0.5) is 0 Å². The highest BCUT2D eigenvalue weighted by molar-refractivity contribution is 5.69. The van der Waals surface area contributed by atoms with Crippen LogP contribution in [-0.4, -0.2) is 20.6 Å². The molecule has 1 heterocycles. The van der Waals surface area contributed by atoms with E-state index in [-0.39, 0.29) is 6.42 Å². The SMILES string of the molecule is CCc1ncc(CC(=O)O)n1C1CC1. The Hall–Kier alpha value is -1.32. The molecule has 0 atom stereocenters. The number of hydrogen-bond donors (Lipinski definition) is 1. The Morgan fingerprint density at radius 2 is 2.43 bits per heavy atom. The van der Waals surface area contributed by atoms with Crippen molar-refractivity contribution in [2.45, 2.75) is 38.6 Å². The molecule has 1 saturated carbocycles. The summed E-state index contributed by atoms with van der Waals surface area (Å²) >= 11 is 0. The molecule has 0 aromatic carbocycles. The van der Waals surface area contributed by atoms with E-state index in [0.29, 0.717) is 6.04 Å². The summed E-state index contributed by atoms with van der Waals surface area (Å²) in [5.74, 6) is 0.234. The summed E-state index contributed by atoms with van der Waals surface area (Å²) in [4.78, 5) is 14.9. The molecule has 0 unspecified atom stereocenters. The Bertz CT molecular complexity index is 353. The van der Waals surface area contributed by atoms with E-state index in [2.05, 4.69) is 9.55 Å². The molecule has 76 valence electrons. The molecule has 0 aliphatic heterocycles. The van der Waals surface area contributed by atoms with Crippen LogP contribution in [0.3, 0.4) is 0 Å². The summed E-state index contributed by atoms with van der Waals surface area (Å²) in [5, 5.41) is 8.73. The van der Waals surface area contributed by atoms with Gasteiger partial charge in [0.25, 0.3) is 0 Å². The highest BCUT2D eigenvalue weighted by Crippen LogP contribution is 2.37. The second-order valence-electron chi connectivity index (χ2n) is 3.69. The number of hydrogen-bond acceptors (Lipinski definition) is 2. The highest BCUT2D eigenvalue weighted by Gasteiger charge is 2.28. The Morgan fingerprint density at radius 1 is 1.71 bits per heavy atom. The first-order valence-corrected chi connectivity index (χ1v) is 4.99. The van der Waals surface area contributed by atoms with Gasteiger partial charge in [0, 0.05) is 24.4 Å². The first kappa shape index (κ1) is 9.24. The number of aromatic nitrogens is 2. The molecule has 2 rings (SSSR count). The van der Waals surface area contributed by atoms with Crippen molar-refractivity contribution in [2.24, 2.45) is 0 Å². The van der Waals surface area contributed by atoms with E-state index in [9.17, 15) is 4.79 Å². The van der Waals surface area contributed by atoms with E-state index in [1.54, 1.807) is 6.20 Å². The smallest absolute Gasteiger partial charge is 0.309 e. The van der Waals surface area contributed by atoms with E-state index >= 15 is 0 Å². The maximum Gasteiger partial charge on any atom is 0.309 e. The van der Waals surface area contributed by atoms with E-state index in [1.807, 2.05) is 6.92 Å². The zero-order valence-electron chi connectivity index (χ0n) is 8.23. The number of aryl methyl sites for hydroxylation is 1. The first-order valence-electron chi connectivity index (χ1n) is 4.99. The predicted octanol–water partition coefficient (Wildman–Crippen LogP) is 1.41. The van der Waals surface area contributed by atoms with Gasteiger partial charge in [0.15, 0.2) is 0 Å². The molecule has 0 saturated heterocycles. The molecule has 1 aliphatic rings. The second kappa shape index (κ2) is 3.44. The zero-order valence-corrected chi connectivity index (χ0v) is 8.23. The van der Waals surface area contributed by atoms with Crippen molar-refractivity contribution in [3.05, 3.63) is 17.7 Å². The third-order valence-corrected chi connectivity index (χ3v) is 2.51. The Balaban J connectivity index is 2.29. The van der Waals surface area contributed by atoms with Gasteiger partial charge in [0.2, 0.25) is 0 Å². The number of nitrogens with zero attached hydrogens (tertiary/aromatic N) is 2. The average molecular weight is 194 g/mol. The van der Waals surface area contributed by atoms with Gasteiger partial charge in [-0.2, -0.15) is 0 Å². The molecule has 1 N–H and O–H groups in total. The molecular weight excluding hydrogens is 180 g/mol. The van der Waals surface area contributed by atoms with Crippen molar-refractivity contribution in [3.8, 4) is 0 Å². The largest absolute Gasteiger partial charge is 0.481 e. The number of carboxylic acid groups (broad SMARTS) is 1. The lowest BCUT2D eigenvalue weighted by Gasteiger charge is -2.07. The van der Waals surface area contributed by atoms with Crippen molar-refractivity contribution in [3.63, 3.8) is 0 Å². The van der Waals surface area contributed by atoms with Gasteiger partial charge in [0.1, 0.15) is 5.82 Å². The van der Waals surface area contributed by atoms with Crippen LogP contribution in [0.25, 0.3) is 0 Å². The summed E-state index contributed by atoms with van der Waals surface area (Å²) in [6.07, 6.45) is 4.98. The summed E-state index contributed by atoms with van der Waals surface area (Å²) in [5.41, 5.74) is 0.844. The topological polar surface area (TPSA) is 55.1 Å². The molecule has 0 radical (unpaired) electrons. The number of aliphatic carboxylic acids is 1. The van der Waals surface area contributed by atoms with E-state index < -0.39 is 5.97 Å². The minimum atomic E-state index is -0.783. The quantitative estimate of drug-likeness (QED) is 0.788. The Kier molecular flexibility index (Phi) is 2.27. The molecule has 0 bridgehead atoms. The first-order chi connectivity index (χ1) is 6.72. The minimum absolute atomic E-state index is 0.0868. The lowest BCUT2D eigenvalue weighted by Crippen LogP contribution is -2.09. The van der Waals surface area contributed by atoms with Crippen LogP contribution in [0.15, 0.2) is 6.20 Å². The minimum Gasteiger partial charge on any atom is -0.481 e. The van der Waals surface area contributed by atoms with Crippen molar-refractivity contribution >= 4 is 5.97 Å². The van der Waals surface area contributed by atoms with Crippen LogP contribution in [0.2, 0.25) is 0 Å².